The molecule has 7 heteroatoms. The monoisotopic (exact) mass is 397 g/mol. The molecule has 2 aromatic carbocycles. The number of rotatable bonds is 6. The number of halogens is 1. The first-order chi connectivity index (χ1) is 13.5. The van der Waals surface area contributed by atoms with E-state index in [9.17, 15) is 14.0 Å². The first kappa shape index (κ1) is 19.7. The van der Waals surface area contributed by atoms with Gasteiger partial charge in [0, 0.05) is 24.0 Å². The van der Waals surface area contributed by atoms with Crippen molar-refractivity contribution in [3.05, 3.63) is 76.0 Å². The number of aryl methyl sites for hydroxylation is 2. The summed E-state index contributed by atoms with van der Waals surface area (Å²) in [4.78, 5) is 28.6. The average molecular weight is 397 g/mol. The van der Waals surface area contributed by atoms with E-state index >= 15 is 0 Å². The summed E-state index contributed by atoms with van der Waals surface area (Å²) in [6, 6.07) is 11.8. The summed E-state index contributed by atoms with van der Waals surface area (Å²) in [5, 5.41) is 7.78. The highest BCUT2D eigenvalue weighted by atomic mass is 32.1. The van der Waals surface area contributed by atoms with Crippen molar-refractivity contribution >= 4 is 23.2 Å². The minimum atomic E-state index is -0.578. The van der Waals surface area contributed by atoms with Crippen LogP contribution in [0.25, 0.3) is 10.6 Å². The number of thiazole rings is 1. The molecule has 0 aliphatic heterocycles. The fourth-order valence-electron chi connectivity index (χ4n) is 2.74. The Morgan fingerprint density at radius 3 is 2.46 bits per heavy atom. The fourth-order valence-corrected chi connectivity index (χ4v) is 3.63. The van der Waals surface area contributed by atoms with Crippen LogP contribution in [0.4, 0.5) is 4.39 Å². The van der Waals surface area contributed by atoms with Crippen LogP contribution < -0.4 is 10.6 Å². The molecule has 0 atom stereocenters. The molecule has 0 aliphatic rings. The van der Waals surface area contributed by atoms with E-state index in [1.165, 1.54) is 35.1 Å². The Kier molecular flexibility index (Phi) is 6.16. The van der Waals surface area contributed by atoms with Crippen LogP contribution in [0, 0.1) is 19.7 Å². The van der Waals surface area contributed by atoms with E-state index < -0.39 is 11.7 Å². The van der Waals surface area contributed by atoms with Gasteiger partial charge in [0.25, 0.3) is 11.8 Å². The normalized spacial score (nSPS) is 10.5. The van der Waals surface area contributed by atoms with Crippen LogP contribution >= 0.6 is 11.3 Å². The quantitative estimate of drug-likeness (QED) is 0.623. The summed E-state index contributed by atoms with van der Waals surface area (Å²) in [6.45, 7) is 4.45. The highest BCUT2D eigenvalue weighted by Gasteiger charge is 2.14. The fraction of sp³-hybridized carbons (Fsp3) is 0.190. The minimum absolute atomic E-state index is 0.0218. The van der Waals surface area contributed by atoms with Gasteiger partial charge in [-0.1, -0.05) is 35.9 Å². The van der Waals surface area contributed by atoms with Crippen LogP contribution in [0.5, 0.6) is 0 Å². The molecule has 0 bridgehead atoms. The second-order valence-corrected chi connectivity index (χ2v) is 7.21. The van der Waals surface area contributed by atoms with Crippen molar-refractivity contribution in [2.75, 3.05) is 13.1 Å². The Morgan fingerprint density at radius 2 is 1.75 bits per heavy atom. The van der Waals surface area contributed by atoms with E-state index in [1.807, 2.05) is 26.0 Å². The number of carbonyl (C=O) groups excluding carboxylic acids is 2. The third-order valence-electron chi connectivity index (χ3n) is 4.16. The highest BCUT2D eigenvalue weighted by Crippen LogP contribution is 2.27. The van der Waals surface area contributed by atoms with Gasteiger partial charge < -0.3 is 10.6 Å². The molecule has 0 saturated heterocycles. The zero-order chi connectivity index (χ0) is 20.1. The van der Waals surface area contributed by atoms with Crippen LogP contribution in [0.2, 0.25) is 0 Å². The van der Waals surface area contributed by atoms with Crippen molar-refractivity contribution in [3.8, 4) is 10.6 Å². The zero-order valence-corrected chi connectivity index (χ0v) is 16.4. The molecule has 2 N–H and O–H groups in total. The predicted octanol–water partition coefficient (Wildman–Crippen LogP) is 3.73. The topological polar surface area (TPSA) is 71.1 Å². The lowest BCUT2D eigenvalue weighted by molar-refractivity contribution is 0.0923. The van der Waals surface area contributed by atoms with E-state index in [0.29, 0.717) is 5.69 Å². The van der Waals surface area contributed by atoms with Gasteiger partial charge in [0.05, 0.1) is 5.56 Å². The van der Waals surface area contributed by atoms with E-state index in [4.69, 9.17) is 0 Å². The van der Waals surface area contributed by atoms with E-state index in [-0.39, 0.29) is 24.6 Å². The van der Waals surface area contributed by atoms with Crippen LogP contribution in [-0.4, -0.2) is 29.9 Å². The molecular formula is C21H20FN3O2S. The summed E-state index contributed by atoms with van der Waals surface area (Å²) < 4.78 is 13.6. The summed E-state index contributed by atoms with van der Waals surface area (Å²) in [6.07, 6.45) is 0. The van der Waals surface area contributed by atoms with Gasteiger partial charge in [-0.05, 0) is 31.5 Å². The van der Waals surface area contributed by atoms with Crippen molar-refractivity contribution in [2.45, 2.75) is 13.8 Å². The molecule has 0 aliphatic carbocycles. The molecule has 5 nitrogen and oxygen atoms in total. The SMILES string of the molecule is Cc1ccc(-c2nc(C(=O)NCCNC(=O)c3ccccc3F)cs2)c(C)c1. The molecule has 3 rings (SSSR count). The van der Waals surface area contributed by atoms with Crippen molar-refractivity contribution in [3.63, 3.8) is 0 Å². The van der Waals surface area contributed by atoms with Gasteiger partial charge in [0.1, 0.15) is 16.5 Å². The Morgan fingerprint density at radius 1 is 1.04 bits per heavy atom. The minimum Gasteiger partial charge on any atom is -0.350 e. The summed E-state index contributed by atoms with van der Waals surface area (Å²) in [5.41, 5.74) is 3.60. The molecule has 144 valence electrons. The standard InChI is InChI=1S/C21H20FN3O2S/c1-13-7-8-15(14(2)11-13)21-25-18(12-28-21)20(27)24-10-9-23-19(26)16-5-3-4-6-17(16)22/h3-8,11-12H,9-10H2,1-2H3,(H,23,26)(H,24,27). The molecule has 2 amide bonds. The van der Waals surface area contributed by atoms with Gasteiger partial charge in [0.15, 0.2) is 0 Å². The third kappa shape index (κ3) is 4.61. The summed E-state index contributed by atoms with van der Waals surface area (Å²) in [7, 11) is 0. The number of amides is 2. The molecule has 28 heavy (non-hydrogen) atoms. The molecule has 0 fully saturated rings. The maximum Gasteiger partial charge on any atom is 0.270 e. The van der Waals surface area contributed by atoms with Gasteiger partial charge in [0.2, 0.25) is 0 Å². The van der Waals surface area contributed by atoms with Crippen LogP contribution in [0.1, 0.15) is 32.0 Å². The average Bonchev–Trinajstić information content (AvgIpc) is 3.15. The lowest BCUT2D eigenvalue weighted by Crippen LogP contribution is -2.35. The van der Waals surface area contributed by atoms with E-state index in [0.717, 1.165) is 16.1 Å². The molecule has 0 saturated carbocycles. The van der Waals surface area contributed by atoms with Gasteiger partial charge >= 0.3 is 0 Å². The lowest BCUT2D eigenvalue weighted by Gasteiger charge is -2.07. The molecular weight excluding hydrogens is 377 g/mol. The maximum absolute atomic E-state index is 13.6. The lowest BCUT2D eigenvalue weighted by atomic mass is 10.1. The van der Waals surface area contributed by atoms with Gasteiger partial charge in [-0.2, -0.15) is 0 Å². The number of aromatic nitrogens is 1. The number of benzene rings is 2. The third-order valence-corrected chi connectivity index (χ3v) is 5.04. The Labute approximate surface area is 166 Å². The molecule has 1 heterocycles. The largest absolute Gasteiger partial charge is 0.350 e. The van der Waals surface area contributed by atoms with Gasteiger partial charge in [-0.25, -0.2) is 9.37 Å². The molecule has 0 radical (unpaired) electrons. The first-order valence-electron chi connectivity index (χ1n) is 8.80. The zero-order valence-electron chi connectivity index (χ0n) is 15.6. The smallest absolute Gasteiger partial charge is 0.270 e. The number of hydrogen-bond donors (Lipinski definition) is 2. The van der Waals surface area contributed by atoms with E-state index in [2.05, 4.69) is 21.7 Å². The maximum atomic E-state index is 13.6. The number of hydrogen-bond acceptors (Lipinski definition) is 4. The van der Waals surface area contributed by atoms with Crippen LogP contribution in [0.3, 0.4) is 0 Å². The van der Waals surface area contributed by atoms with Crippen molar-refractivity contribution < 1.29 is 14.0 Å². The second kappa shape index (κ2) is 8.75. The van der Waals surface area contributed by atoms with Crippen molar-refractivity contribution in [2.24, 2.45) is 0 Å². The Balaban J connectivity index is 1.52. The van der Waals surface area contributed by atoms with Gasteiger partial charge in [-0.3, -0.25) is 9.59 Å². The molecule has 1 aromatic heterocycles. The predicted molar refractivity (Wildman–Crippen MR) is 108 cm³/mol. The summed E-state index contributed by atoms with van der Waals surface area (Å²) >= 11 is 1.41. The number of nitrogens with one attached hydrogen (secondary N) is 2. The second-order valence-electron chi connectivity index (χ2n) is 6.35. The molecule has 0 unspecified atom stereocenters. The number of nitrogens with zero attached hydrogens (tertiary/aromatic N) is 1. The summed E-state index contributed by atoms with van der Waals surface area (Å²) in [5.74, 6) is -1.41. The molecule has 3 aromatic rings. The van der Waals surface area contributed by atoms with Gasteiger partial charge in [-0.15, -0.1) is 11.3 Å². The molecule has 0 spiro atoms. The van der Waals surface area contributed by atoms with Crippen molar-refractivity contribution in [1.82, 2.24) is 15.6 Å². The Hall–Kier alpha value is -3.06. The number of carbonyl (C=O) groups is 2. The Bertz CT molecular complexity index is 1020. The van der Waals surface area contributed by atoms with Crippen LogP contribution in [0.15, 0.2) is 47.8 Å². The van der Waals surface area contributed by atoms with Crippen LogP contribution in [-0.2, 0) is 0 Å². The first-order valence-corrected chi connectivity index (χ1v) is 9.68. The van der Waals surface area contributed by atoms with E-state index in [1.54, 1.807) is 11.4 Å². The highest BCUT2D eigenvalue weighted by molar-refractivity contribution is 7.13. The van der Waals surface area contributed by atoms with Crippen molar-refractivity contribution in [1.29, 1.82) is 0 Å².